The van der Waals surface area contributed by atoms with Crippen molar-refractivity contribution in [3.63, 3.8) is 0 Å². The molecule has 4 nitrogen and oxygen atoms in total. The van der Waals surface area contributed by atoms with Gasteiger partial charge in [0.25, 0.3) is 0 Å². The van der Waals surface area contributed by atoms with Gasteiger partial charge in [-0.1, -0.05) is 24.3 Å². The van der Waals surface area contributed by atoms with Crippen LogP contribution in [0.1, 0.15) is 49.0 Å². The highest BCUT2D eigenvalue weighted by Gasteiger charge is 2.22. The van der Waals surface area contributed by atoms with Gasteiger partial charge in [0, 0.05) is 23.2 Å². The van der Waals surface area contributed by atoms with Crippen LogP contribution in [0.25, 0.3) is 0 Å². The Bertz CT molecular complexity index is 475. The third-order valence-corrected chi connectivity index (χ3v) is 3.66. The summed E-state index contributed by atoms with van der Waals surface area (Å²) in [5, 5.41) is 17.6. The fraction of sp³-hybridized carbons (Fsp3) is 0.467. The smallest absolute Gasteiger partial charge is 0.0721 e. The van der Waals surface area contributed by atoms with Crippen molar-refractivity contribution < 1.29 is 9.90 Å². The number of piperidine rings is 1. The van der Waals surface area contributed by atoms with Crippen LogP contribution in [0.3, 0.4) is 0 Å². The summed E-state index contributed by atoms with van der Waals surface area (Å²) in [6.45, 7) is 4.30. The number of hydrogen-bond donors (Lipinski definition) is 0. The van der Waals surface area contributed by atoms with Crippen molar-refractivity contribution in [2.75, 3.05) is 0 Å². The molecule has 19 heavy (non-hydrogen) atoms. The molecule has 1 fully saturated rings. The lowest BCUT2D eigenvalue weighted by atomic mass is 10.00. The lowest BCUT2D eigenvalue weighted by Gasteiger charge is -2.36. The van der Waals surface area contributed by atoms with Gasteiger partial charge in [-0.15, -0.1) is 0 Å². The summed E-state index contributed by atoms with van der Waals surface area (Å²) in [7, 11) is 0. The molecule has 0 aliphatic carbocycles. The van der Waals surface area contributed by atoms with Crippen LogP contribution in [-0.2, 0) is 0 Å². The maximum Gasteiger partial charge on any atom is 0.0721 e. The molecule has 4 heteroatoms. The van der Waals surface area contributed by atoms with Crippen LogP contribution < -0.4 is 5.11 Å². The van der Waals surface area contributed by atoms with Gasteiger partial charge in [0.05, 0.1) is 12.2 Å². The number of nitrogens with zero attached hydrogens (tertiary/aromatic N) is 2. The van der Waals surface area contributed by atoms with E-state index in [1.165, 1.54) is 6.42 Å². The number of rotatable bonds is 3. The predicted molar refractivity (Wildman–Crippen MR) is 73.0 cm³/mol. The summed E-state index contributed by atoms with van der Waals surface area (Å²) in [5.41, 5.74) is 0.774. The molecule has 2 atom stereocenters. The monoisotopic (exact) mass is 259 g/mol. The van der Waals surface area contributed by atoms with Gasteiger partial charge in [-0.3, -0.25) is 5.01 Å². The van der Waals surface area contributed by atoms with Crippen LogP contribution in [0.5, 0.6) is 0 Å². The Balaban J connectivity index is 2.20. The highest BCUT2D eigenvalue weighted by Crippen LogP contribution is 2.22. The molecule has 102 valence electrons. The van der Waals surface area contributed by atoms with E-state index in [0.717, 1.165) is 12.8 Å². The molecule has 0 unspecified atom stereocenters. The van der Waals surface area contributed by atoms with Crippen molar-refractivity contribution in [2.24, 2.45) is 5.10 Å². The number of carboxylic acid groups (broad SMARTS) is 1. The summed E-state index contributed by atoms with van der Waals surface area (Å²) >= 11 is 0. The molecule has 0 saturated carbocycles. The molecule has 1 aliphatic rings. The first-order valence-corrected chi connectivity index (χ1v) is 6.72. The Morgan fingerprint density at radius 2 is 1.95 bits per heavy atom. The molecule has 0 spiro atoms. The van der Waals surface area contributed by atoms with Crippen molar-refractivity contribution in [2.45, 2.75) is 45.2 Å². The molecule has 1 heterocycles. The number of carboxylic acids is 1. The lowest BCUT2D eigenvalue weighted by molar-refractivity contribution is -0.255. The van der Waals surface area contributed by atoms with Crippen molar-refractivity contribution in [1.29, 1.82) is 0 Å². The molecular formula is C15H19N2O2-. The highest BCUT2D eigenvalue weighted by molar-refractivity contribution is 5.97. The maximum atomic E-state index is 11.0. The Hall–Kier alpha value is -1.84. The van der Waals surface area contributed by atoms with E-state index in [9.17, 15) is 9.90 Å². The van der Waals surface area contributed by atoms with Crippen molar-refractivity contribution in [1.82, 2.24) is 5.01 Å². The predicted octanol–water partition coefficient (Wildman–Crippen LogP) is 1.65. The molecule has 1 aliphatic heterocycles. The second kappa shape index (κ2) is 5.87. The van der Waals surface area contributed by atoms with E-state index in [2.05, 4.69) is 24.0 Å². The van der Waals surface area contributed by atoms with Crippen molar-refractivity contribution in [3.8, 4) is 0 Å². The molecule has 0 N–H and O–H groups in total. The first-order chi connectivity index (χ1) is 9.09. The first kappa shape index (κ1) is 13.6. The van der Waals surface area contributed by atoms with Gasteiger partial charge in [-0.25, -0.2) is 0 Å². The van der Waals surface area contributed by atoms with Crippen LogP contribution in [0.4, 0.5) is 0 Å². The second-order valence-electron chi connectivity index (χ2n) is 5.13. The van der Waals surface area contributed by atoms with Gasteiger partial charge in [0.1, 0.15) is 0 Å². The normalized spacial score (nSPS) is 23.8. The molecule has 1 saturated heterocycles. The minimum Gasteiger partial charge on any atom is -0.545 e. The van der Waals surface area contributed by atoms with Gasteiger partial charge in [0.2, 0.25) is 0 Å². The zero-order chi connectivity index (χ0) is 13.8. The molecule has 0 aromatic heterocycles. The zero-order valence-electron chi connectivity index (χ0n) is 11.4. The average Bonchev–Trinajstić information content (AvgIpc) is 2.38. The van der Waals surface area contributed by atoms with Crippen molar-refractivity contribution >= 4 is 12.2 Å². The molecule has 0 radical (unpaired) electrons. The topological polar surface area (TPSA) is 55.7 Å². The number of carbonyl (C=O) groups is 1. The molecular weight excluding hydrogens is 240 g/mol. The Morgan fingerprint density at radius 3 is 2.58 bits per heavy atom. The van der Waals surface area contributed by atoms with E-state index >= 15 is 0 Å². The second-order valence-corrected chi connectivity index (χ2v) is 5.13. The average molecular weight is 259 g/mol. The van der Waals surface area contributed by atoms with E-state index in [1.807, 2.05) is 0 Å². The van der Waals surface area contributed by atoms with Gasteiger partial charge >= 0.3 is 0 Å². The summed E-state index contributed by atoms with van der Waals surface area (Å²) in [5.74, 6) is -1.17. The zero-order valence-corrected chi connectivity index (χ0v) is 11.4. The SMILES string of the molecule is C[C@@H]1CCC[C@H](C)N1/N=C\c1ccccc1C(=O)[O-]. The van der Waals surface area contributed by atoms with E-state index < -0.39 is 5.97 Å². The van der Waals surface area contributed by atoms with Gasteiger partial charge < -0.3 is 9.90 Å². The van der Waals surface area contributed by atoms with Crippen LogP contribution in [-0.4, -0.2) is 29.3 Å². The molecule has 0 amide bonds. The van der Waals surface area contributed by atoms with Crippen LogP contribution in [0, 0.1) is 0 Å². The third kappa shape index (κ3) is 3.13. The summed E-state index contributed by atoms with van der Waals surface area (Å²) < 4.78 is 0. The summed E-state index contributed by atoms with van der Waals surface area (Å²) in [4.78, 5) is 11.0. The number of hydrogen-bond acceptors (Lipinski definition) is 4. The third-order valence-electron chi connectivity index (χ3n) is 3.66. The van der Waals surface area contributed by atoms with Crippen LogP contribution in [0.2, 0.25) is 0 Å². The van der Waals surface area contributed by atoms with Crippen molar-refractivity contribution in [3.05, 3.63) is 35.4 Å². The van der Waals surface area contributed by atoms with E-state index in [4.69, 9.17) is 0 Å². The Labute approximate surface area is 113 Å². The first-order valence-electron chi connectivity index (χ1n) is 6.72. The van der Waals surface area contributed by atoms with Gasteiger partial charge in [-0.05, 0) is 33.1 Å². The highest BCUT2D eigenvalue weighted by atomic mass is 16.4. The molecule has 2 rings (SSSR count). The summed E-state index contributed by atoms with van der Waals surface area (Å²) in [6, 6.07) is 7.57. The Morgan fingerprint density at radius 1 is 1.32 bits per heavy atom. The number of aromatic carboxylic acids is 1. The number of hydrazone groups is 1. The minimum absolute atomic E-state index is 0.184. The maximum absolute atomic E-state index is 11.0. The number of carbonyl (C=O) groups excluding carboxylic acids is 1. The minimum atomic E-state index is -1.17. The van der Waals surface area contributed by atoms with Gasteiger partial charge in [-0.2, -0.15) is 5.10 Å². The fourth-order valence-electron chi connectivity index (χ4n) is 2.56. The lowest BCUT2D eigenvalue weighted by Crippen LogP contribution is -2.39. The van der Waals surface area contributed by atoms with Crippen LogP contribution in [0.15, 0.2) is 29.4 Å². The molecule has 1 aromatic rings. The standard InChI is InChI=1S/C15H20N2O2/c1-11-6-5-7-12(2)17(11)16-10-13-8-3-4-9-14(13)15(18)19/h3-4,8-12H,5-7H2,1-2H3,(H,18,19)/p-1/b16-10-/t11-,12+. The van der Waals surface area contributed by atoms with Crippen LogP contribution >= 0.6 is 0 Å². The largest absolute Gasteiger partial charge is 0.545 e. The van der Waals surface area contributed by atoms with Gasteiger partial charge in [0.15, 0.2) is 0 Å². The Kier molecular flexibility index (Phi) is 4.20. The van der Waals surface area contributed by atoms with E-state index in [1.54, 1.807) is 30.5 Å². The van der Waals surface area contributed by atoms with E-state index in [-0.39, 0.29) is 5.56 Å². The molecule has 0 bridgehead atoms. The quantitative estimate of drug-likeness (QED) is 0.775. The fourth-order valence-corrected chi connectivity index (χ4v) is 2.56. The van der Waals surface area contributed by atoms with E-state index in [0.29, 0.717) is 17.6 Å². The summed E-state index contributed by atoms with van der Waals surface area (Å²) in [6.07, 6.45) is 5.11. The molecule has 1 aromatic carbocycles. The number of benzene rings is 1.